The molecule has 0 unspecified atom stereocenters. The summed E-state index contributed by atoms with van der Waals surface area (Å²) in [6, 6.07) is 7.66. The molecule has 0 saturated carbocycles. The molecular formula is C12H8BrClFNO. The molecular weight excluding hydrogens is 308 g/mol. The second-order valence-electron chi connectivity index (χ2n) is 3.53. The van der Waals surface area contributed by atoms with Gasteiger partial charge in [-0.15, -0.1) is 0 Å². The van der Waals surface area contributed by atoms with Gasteiger partial charge in [-0.2, -0.15) is 0 Å². The van der Waals surface area contributed by atoms with E-state index in [1.165, 1.54) is 16.7 Å². The Bertz CT molecular complexity index is 619. The maximum Gasteiger partial charge on any atom is 0.265 e. The van der Waals surface area contributed by atoms with Crippen LogP contribution in [0, 0.1) is 5.82 Å². The lowest BCUT2D eigenvalue weighted by Crippen LogP contribution is -2.19. The molecule has 0 amide bonds. The van der Waals surface area contributed by atoms with E-state index in [0.717, 1.165) is 0 Å². The van der Waals surface area contributed by atoms with Crippen molar-refractivity contribution < 1.29 is 4.39 Å². The monoisotopic (exact) mass is 315 g/mol. The molecule has 17 heavy (non-hydrogen) atoms. The standard InChI is InChI=1S/C12H8BrClFNO/c1-16-10(6-5-7(13)12(16)17)11-8(14)3-2-4-9(11)15/h2-6H,1H3. The van der Waals surface area contributed by atoms with Crippen LogP contribution in [0.3, 0.4) is 0 Å². The van der Waals surface area contributed by atoms with Gasteiger partial charge in [0.15, 0.2) is 0 Å². The van der Waals surface area contributed by atoms with E-state index in [9.17, 15) is 9.18 Å². The summed E-state index contributed by atoms with van der Waals surface area (Å²) in [5, 5.41) is 0.280. The Balaban J connectivity index is 2.79. The Hall–Kier alpha value is -1.13. The first-order chi connectivity index (χ1) is 8.02. The zero-order chi connectivity index (χ0) is 12.6. The first kappa shape index (κ1) is 12.3. The van der Waals surface area contributed by atoms with Crippen molar-refractivity contribution in [3.05, 3.63) is 56.0 Å². The lowest BCUT2D eigenvalue weighted by atomic mass is 10.1. The number of halogens is 3. The number of hydrogen-bond acceptors (Lipinski definition) is 1. The van der Waals surface area contributed by atoms with Gasteiger partial charge >= 0.3 is 0 Å². The van der Waals surface area contributed by atoms with Crippen molar-refractivity contribution in [3.8, 4) is 11.3 Å². The minimum absolute atomic E-state index is 0.234. The third kappa shape index (κ3) is 2.15. The highest BCUT2D eigenvalue weighted by Gasteiger charge is 2.13. The van der Waals surface area contributed by atoms with Crippen LogP contribution in [0.25, 0.3) is 11.3 Å². The fourth-order valence-electron chi connectivity index (χ4n) is 1.60. The first-order valence-electron chi connectivity index (χ1n) is 4.82. The molecule has 2 nitrogen and oxygen atoms in total. The summed E-state index contributed by atoms with van der Waals surface area (Å²) in [5.74, 6) is -0.449. The van der Waals surface area contributed by atoms with Gasteiger partial charge in [-0.3, -0.25) is 4.79 Å². The smallest absolute Gasteiger partial charge is 0.265 e. The molecule has 0 aliphatic carbocycles. The molecule has 2 rings (SSSR count). The molecule has 0 spiro atoms. The Kier molecular flexibility index (Phi) is 3.35. The number of rotatable bonds is 1. The molecule has 0 bridgehead atoms. The molecule has 0 atom stereocenters. The third-order valence-corrected chi connectivity index (χ3v) is 3.40. The quantitative estimate of drug-likeness (QED) is 0.788. The molecule has 1 aromatic heterocycles. The highest BCUT2D eigenvalue weighted by atomic mass is 79.9. The van der Waals surface area contributed by atoms with Crippen LogP contribution in [-0.2, 0) is 7.05 Å². The minimum Gasteiger partial charge on any atom is -0.310 e. The second kappa shape index (κ2) is 4.63. The molecule has 88 valence electrons. The molecule has 1 heterocycles. The largest absolute Gasteiger partial charge is 0.310 e. The fraction of sp³-hybridized carbons (Fsp3) is 0.0833. The molecule has 0 aliphatic rings. The average molecular weight is 317 g/mol. The van der Waals surface area contributed by atoms with E-state index in [-0.39, 0.29) is 16.1 Å². The van der Waals surface area contributed by atoms with Crippen LogP contribution in [0.1, 0.15) is 0 Å². The highest BCUT2D eigenvalue weighted by molar-refractivity contribution is 9.10. The van der Waals surface area contributed by atoms with Crippen molar-refractivity contribution in [1.82, 2.24) is 4.57 Å². The number of nitrogens with zero attached hydrogens (tertiary/aromatic N) is 1. The van der Waals surface area contributed by atoms with Crippen LogP contribution in [0.5, 0.6) is 0 Å². The fourth-order valence-corrected chi connectivity index (χ4v) is 2.26. The number of benzene rings is 1. The molecule has 1 aromatic carbocycles. The van der Waals surface area contributed by atoms with Crippen molar-refractivity contribution in [2.75, 3.05) is 0 Å². The number of hydrogen-bond donors (Lipinski definition) is 0. The Labute approximate surface area is 111 Å². The summed E-state index contributed by atoms with van der Waals surface area (Å²) < 4.78 is 15.5. The Morgan fingerprint density at radius 3 is 2.65 bits per heavy atom. The Morgan fingerprint density at radius 2 is 2.00 bits per heavy atom. The predicted molar refractivity (Wildman–Crippen MR) is 69.8 cm³/mol. The van der Waals surface area contributed by atoms with Gasteiger partial charge in [-0.1, -0.05) is 17.7 Å². The SMILES string of the molecule is Cn1c(-c2c(F)cccc2Cl)ccc(Br)c1=O. The van der Waals surface area contributed by atoms with Crippen molar-refractivity contribution in [1.29, 1.82) is 0 Å². The normalized spacial score (nSPS) is 10.6. The van der Waals surface area contributed by atoms with Gasteiger partial charge in [0, 0.05) is 7.05 Å². The van der Waals surface area contributed by atoms with Crippen molar-refractivity contribution in [2.45, 2.75) is 0 Å². The van der Waals surface area contributed by atoms with E-state index in [2.05, 4.69) is 15.9 Å². The van der Waals surface area contributed by atoms with E-state index in [1.54, 1.807) is 25.2 Å². The maximum atomic E-state index is 13.7. The second-order valence-corrected chi connectivity index (χ2v) is 4.79. The lowest BCUT2D eigenvalue weighted by molar-refractivity contribution is 0.629. The van der Waals surface area contributed by atoms with E-state index in [4.69, 9.17) is 11.6 Å². The van der Waals surface area contributed by atoms with Crippen LogP contribution < -0.4 is 5.56 Å². The molecule has 0 fully saturated rings. The third-order valence-electron chi connectivity index (χ3n) is 2.48. The minimum atomic E-state index is -0.449. The van der Waals surface area contributed by atoms with Crippen molar-refractivity contribution in [3.63, 3.8) is 0 Å². The zero-order valence-corrected chi connectivity index (χ0v) is 11.2. The van der Waals surface area contributed by atoms with E-state index in [1.807, 2.05) is 0 Å². The maximum absolute atomic E-state index is 13.7. The van der Waals surface area contributed by atoms with Gasteiger partial charge in [0.2, 0.25) is 0 Å². The van der Waals surface area contributed by atoms with Crippen LogP contribution in [-0.4, -0.2) is 4.57 Å². The molecule has 5 heteroatoms. The molecule has 0 saturated heterocycles. The van der Waals surface area contributed by atoms with E-state index >= 15 is 0 Å². The molecule has 2 aromatic rings. The van der Waals surface area contributed by atoms with Crippen LogP contribution >= 0.6 is 27.5 Å². The molecule has 0 radical (unpaired) electrons. The molecule has 0 aliphatic heterocycles. The predicted octanol–water partition coefficient (Wildman–Crippen LogP) is 3.61. The van der Waals surface area contributed by atoms with Gasteiger partial charge in [0.25, 0.3) is 5.56 Å². The molecule has 0 N–H and O–H groups in total. The average Bonchev–Trinajstić information content (AvgIpc) is 2.29. The zero-order valence-electron chi connectivity index (χ0n) is 8.88. The summed E-state index contributed by atoms with van der Waals surface area (Å²) >= 11 is 9.09. The van der Waals surface area contributed by atoms with Gasteiger partial charge in [0.05, 0.1) is 20.8 Å². The summed E-state index contributed by atoms with van der Waals surface area (Å²) in [7, 11) is 1.57. The summed E-state index contributed by atoms with van der Waals surface area (Å²) in [6.07, 6.45) is 0. The highest BCUT2D eigenvalue weighted by Crippen LogP contribution is 2.29. The van der Waals surface area contributed by atoms with Crippen LogP contribution in [0.15, 0.2) is 39.6 Å². The van der Waals surface area contributed by atoms with Gasteiger partial charge in [-0.25, -0.2) is 4.39 Å². The van der Waals surface area contributed by atoms with E-state index < -0.39 is 5.82 Å². The summed E-state index contributed by atoms with van der Waals surface area (Å²) in [6.45, 7) is 0. The van der Waals surface area contributed by atoms with Gasteiger partial charge < -0.3 is 4.57 Å². The Morgan fingerprint density at radius 1 is 1.29 bits per heavy atom. The van der Waals surface area contributed by atoms with Gasteiger partial charge in [0.1, 0.15) is 5.82 Å². The topological polar surface area (TPSA) is 22.0 Å². The lowest BCUT2D eigenvalue weighted by Gasteiger charge is -2.11. The van der Waals surface area contributed by atoms with Crippen LogP contribution in [0.2, 0.25) is 5.02 Å². The van der Waals surface area contributed by atoms with Crippen molar-refractivity contribution >= 4 is 27.5 Å². The number of aromatic nitrogens is 1. The first-order valence-corrected chi connectivity index (χ1v) is 5.99. The summed E-state index contributed by atoms with van der Waals surface area (Å²) in [4.78, 5) is 11.7. The summed E-state index contributed by atoms with van der Waals surface area (Å²) in [5.41, 5.74) is 0.449. The van der Waals surface area contributed by atoms with Crippen molar-refractivity contribution in [2.24, 2.45) is 7.05 Å². The number of pyridine rings is 1. The van der Waals surface area contributed by atoms with Gasteiger partial charge in [-0.05, 0) is 40.2 Å². The van der Waals surface area contributed by atoms with E-state index in [0.29, 0.717) is 10.2 Å². The van der Waals surface area contributed by atoms with Crippen LogP contribution in [0.4, 0.5) is 4.39 Å².